The van der Waals surface area contributed by atoms with Crippen molar-refractivity contribution in [3.05, 3.63) is 0 Å². The predicted molar refractivity (Wildman–Crippen MR) is 198 cm³/mol. The predicted octanol–water partition coefficient (Wildman–Crippen LogP) is 14.9. The second-order valence-electron chi connectivity index (χ2n) is 14.2. The van der Waals surface area contributed by atoms with Gasteiger partial charge in [-0.3, -0.25) is 0 Å². The molecule has 1 unspecified atom stereocenters. The Morgan fingerprint density at radius 3 is 0.690 bits per heavy atom. The van der Waals surface area contributed by atoms with Crippen LogP contribution in [0.5, 0.6) is 0 Å². The number of rotatable bonds is 36. The molecule has 0 aromatic heterocycles. The van der Waals surface area contributed by atoms with Gasteiger partial charge in [-0.05, 0) is 39.5 Å². The third kappa shape index (κ3) is 27.9. The first-order valence-corrected chi connectivity index (χ1v) is 22.6. The summed E-state index contributed by atoms with van der Waals surface area (Å²) in [5, 5.41) is 10.8. The molecule has 0 spiro atoms. The lowest BCUT2D eigenvalue weighted by molar-refractivity contribution is 0.273. The zero-order valence-corrected chi connectivity index (χ0v) is 31.1. The zero-order valence-electron chi connectivity index (χ0n) is 30.2. The van der Waals surface area contributed by atoms with Gasteiger partial charge in [-0.25, -0.2) is 0 Å². The minimum absolute atomic E-state index is 0.0461. The molecule has 0 saturated heterocycles. The van der Waals surface area contributed by atoms with E-state index in [4.69, 9.17) is 0 Å². The van der Waals surface area contributed by atoms with Crippen LogP contribution in [0.3, 0.4) is 0 Å². The molecule has 0 aliphatic carbocycles. The van der Waals surface area contributed by atoms with Crippen LogP contribution < -0.4 is 0 Å². The van der Waals surface area contributed by atoms with Crippen molar-refractivity contribution in [1.29, 1.82) is 0 Å². The van der Waals surface area contributed by atoms with Gasteiger partial charge in [0.05, 0.1) is 18.5 Å². The highest BCUT2D eigenvalue weighted by molar-refractivity contribution is 7.76. The molecule has 0 bridgehead atoms. The summed E-state index contributed by atoms with van der Waals surface area (Å²) in [5.74, 6) is -0.0461. The van der Waals surface area contributed by atoms with Crippen LogP contribution in [0.25, 0.3) is 0 Å². The van der Waals surface area contributed by atoms with Gasteiger partial charge in [0, 0.05) is 7.26 Å². The number of unbranched alkanes of at least 4 members (excludes halogenated alkanes) is 30. The Balaban J connectivity index is 3.63. The third-order valence-corrected chi connectivity index (χ3v) is 15.6. The van der Waals surface area contributed by atoms with Gasteiger partial charge in [0.1, 0.15) is 0 Å². The molecular weight excluding hydrogens is 527 g/mol. The fourth-order valence-corrected chi connectivity index (χ4v) is 10.9. The molecule has 0 amide bonds. The molecule has 0 saturated carbocycles. The van der Waals surface area contributed by atoms with Crippen molar-refractivity contribution in [2.24, 2.45) is 0 Å². The van der Waals surface area contributed by atoms with Gasteiger partial charge in [0.15, 0.2) is 5.85 Å². The highest BCUT2D eigenvalue weighted by Gasteiger charge is 2.39. The van der Waals surface area contributed by atoms with Crippen molar-refractivity contribution >= 4 is 7.26 Å². The van der Waals surface area contributed by atoms with E-state index in [1.54, 1.807) is 0 Å². The second-order valence-corrected chi connectivity index (χ2v) is 18.9. The first-order chi connectivity index (χ1) is 20.6. The lowest BCUT2D eigenvalue weighted by atomic mass is 10.0. The summed E-state index contributed by atoms with van der Waals surface area (Å²) in [5.41, 5.74) is 0. The fraction of sp³-hybridized carbons (Fsp3) is 1.00. The quantitative estimate of drug-likeness (QED) is 0.0552. The summed E-state index contributed by atoms with van der Waals surface area (Å²) in [6, 6.07) is 0. The van der Waals surface area contributed by atoms with Gasteiger partial charge in [0.25, 0.3) is 0 Å². The number of hydrogen-bond donors (Lipinski definition) is 1. The molecule has 2 heteroatoms. The number of aliphatic hydroxyl groups excluding tert-OH is 1. The minimum Gasteiger partial charge on any atom is -0.360 e. The topological polar surface area (TPSA) is 20.2 Å². The lowest BCUT2D eigenvalue weighted by Gasteiger charge is -2.29. The smallest absolute Gasteiger partial charge is 0.161 e. The van der Waals surface area contributed by atoms with Crippen LogP contribution in [0.15, 0.2) is 0 Å². The van der Waals surface area contributed by atoms with Crippen LogP contribution in [-0.4, -0.2) is 29.4 Å². The largest absolute Gasteiger partial charge is 0.360 e. The van der Waals surface area contributed by atoms with Gasteiger partial charge in [-0.1, -0.05) is 194 Å². The summed E-state index contributed by atoms with van der Waals surface area (Å²) in [7, 11) is -1.17. The van der Waals surface area contributed by atoms with Crippen LogP contribution in [0.4, 0.5) is 0 Å². The first-order valence-electron chi connectivity index (χ1n) is 20.2. The molecule has 1 atom stereocenters. The van der Waals surface area contributed by atoms with Crippen LogP contribution in [0.1, 0.15) is 233 Å². The summed E-state index contributed by atoms with van der Waals surface area (Å²) < 4.78 is 0. The van der Waals surface area contributed by atoms with Crippen LogP contribution in [-0.2, 0) is 0 Å². The van der Waals surface area contributed by atoms with Gasteiger partial charge in [0.2, 0.25) is 0 Å². The van der Waals surface area contributed by atoms with E-state index in [1.807, 2.05) is 0 Å². The average Bonchev–Trinajstić information content (AvgIpc) is 2.99. The highest BCUT2D eigenvalue weighted by Crippen LogP contribution is 2.63. The van der Waals surface area contributed by atoms with E-state index in [-0.39, 0.29) is 5.85 Å². The third-order valence-electron chi connectivity index (χ3n) is 10.3. The average molecular weight is 612 g/mol. The van der Waals surface area contributed by atoms with Gasteiger partial charge < -0.3 is 5.11 Å². The maximum absolute atomic E-state index is 10.8. The number of hydrogen-bond acceptors (Lipinski definition) is 1. The summed E-state index contributed by atoms with van der Waals surface area (Å²) >= 11 is 0. The first kappa shape index (κ1) is 42.4. The molecule has 0 heterocycles. The second kappa shape index (κ2) is 34.3. The van der Waals surface area contributed by atoms with Gasteiger partial charge in [-0.15, -0.1) is 0 Å². The molecule has 42 heavy (non-hydrogen) atoms. The number of aliphatic hydroxyl groups is 1. The summed E-state index contributed by atoms with van der Waals surface area (Å²) in [6.07, 6.45) is 50.0. The van der Waals surface area contributed by atoms with E-state index < -0.39 is 7.26 Å². The SMILES string of the molecule is CCCCCCCCCCCCCCCCCC[P+](CC)(CCCCCCCCCCCCCCCCCC)C(C)O. The normalized spacial score (nSPS) is 12.8. The van der Waals surface area contributed by atoms with Crippen molar-refractivity contribution in [2.45, 2.75) is 239 Å². The fourth-order valence-electron chi connectivity index (χ4n) is 7.02. The Morgan fingerprint density at radius 2 is 0.524 bits per heavy atom. The maximum Gasteiger partial charge on any atom is 0.161 e. The molecular formula is C40H84OP+. The Morgan fingerprint density at radius 1 is 0.333 bits per heavy atom. The van der Waals surface area contributed by atoms with Crippen molar-refractivity contribution in [3.8, 4) is 0 Å². The Kier molecular flexibility index (Phi) is 34.6. The standard InChI is InChI=1S/C40H84OP/c1-5-8-10-12-14-16-18-20-22-24-26-28-30-32-34-36-38-42(7-3,40(4)41)39-37-35-33-31-29-27-25-23-21-19-17-15-13-11-9-6-2/h40-41H,5-39H2,1-4H3/q+1. The maximum atomic E-state index is 10.8. The van der Waals surface area contributed by atoms with Crippen LogP contribution >= 0.6 is 7.26 Å². The molecule has 0 fully saturated rings. The Labute approximate surface area is 269 Å². The van der Waals surface area contributed by atoms with Crippen molar-refractivity contribution < 1.29 is 5.11 Å². The van der Waals surface area contributed by atoms with Gasteiger partial charge >= 0.3 is 0 Å². The monoisotopic (exact) mass is 612 g/mol. The van der Waals surface area contributed by atoms with Crippen LogP contribution in [0, 0.1) is 0 Å². The zero-order chi connectivity index (χ0) is 30.8. The van der Waals surface area contributed by atoms with E-state index in [0.717, 1.165) is 0 Å². The van der Waals surface area contributed by atoms with Crippen molar-refractivity contribution in [3.63, 3.8) is 0 Å². The summed E-state index contributed by atoms with van der Waals surface area (Å²) in [4.78, 5) is 0. The van der Waals surface area contributed by atoms with E-state index in [9.17, 15) is 5.11 Å². The molecule has 1 nitrogen and oxygen atoms in total. The Hall–Kier alpha value is 0.390. The minimum atomic E-state index is -1.17. The highest BCUT2D eigenvalue weighted by atomic mass is 31.2. The molecule has 0 aliphatic rings. The molecule has 0 radical (unpaired) electrons. The molecule has 254 valence electrons. The van der Waals surface area contributed by atoms with Crippen molar-refractivity contribution in [1.82, 2.24) is 0 Å². The summed E-state index contributed by atoms with van der Waals surface area (Å²) in [6.45, 7) is 9.10. The molecule has 0 rings (SSSR count). The molecule has 0 aromatic rings. The Bertz CT molecular complexity index is 454. The van der Waals surface area contributed by atoms with E-state index >= 15 is 0 Å². The van der Waals surface area contributed by atoms with Gasteiger partial charge in [-0.2, -0.15) is 0 Å². The molecule has 0 aromatic carbocycles. The van der Waals surface area contributed by atoms with Crippen LogP contribution in [0.2, 0.25) is 0 Å². The van der Waals surface area contributed by atoms with E-state index in [1.165, 1.54) is 224 Å². The lowest BCUT2D eigenvalue weighted by Crippen LogP contribution is -2.18. The molecule has 0 aliphatic heterocycles. The van der Waals surface area contributed by atoms with E-state index in [2.05, 4.69) is 27.7 Å². The van der Waals surface area contributed by atoms with Crippen molar-refractivity contribution in [2.75, 3.05) is 18.5 Å². The molecule has 1 N–H and O–H groups in total. The van der Waals surface area contributed by atoms with E-state index in [0.29, 0.717) is 0 Å².